The third-order valence-electron chi connectivity index (χ3n) is 3.24. The molecule has 1 aliphatic heterocycles. The first-order valence-electron chi connectivity index (χ1n) is 6.25. The molecule has 0 fully saturated rings. The van der Waals surface area contributed by atoms with Crippen molar-refractivity contribution in [1.29, 1.82) is 0 Å². The first kappa shape index (κ1) is 12.9. The van der Waals surface area contributed by atoms with Gasteiger partial charge in [-0.2, -0.15) is 10.1 Å². The van der Waals surface area contributed by atoms with Crippen LogP contribution in [0.1, 0.15) is 21.5 Å². The summed E-state index contributed by atoms with van der Waals surface area (Å²) in [7, 11) is 1.74. The predicted octanol–water partition coefficient (Wildman–Crippen LogP) is 2.49. The van der Waals surface area contributed by atoms with Gasteiger partial charge >= 0.3 is 0 Å². The molecule has 1 amide bonds. The summed E-state index contributed by atoms with van der Waals surface area (Å²) < 4.78 is 1.53. The molecule has 0 saturated carbocycles. The molecule has 1 N–H and O–H groups in total. The van der Waals surface area contributed by atoms with Gasteiger partial charge in [-0.3, -0.25) is 10.1 Å². The summed E-state index contributed by atoms with van der Waals surface area (Å²) in [6, 6.07) is 3.84. The average molecular weight is 286 g/mol. The number of hydrogen-bond donors (Lipinski definition) is 1. The Morgan fingerprint density at radius 2 is 2.30 bits per heavy atom. The van der Waals surface area contributed by atoms with Crippen LogP contribution in [0.15, 0.2) is 29.4 Å². The molecule has 0 spiro atoms. The van der Waals surface area contributed by atoms with Crippen LogP contribution in [0, 0.1) is 6.92 Å². The Labute approximate surface area is 121 Å². The van der Waals surface area contributed by atoms with Crippen molar-refractivity contribution in [1.82, 2.24) is 14.8 Å². The van der Waals surface area contributed by atoms with Crippen LogP contribution in [0.4, 0.5) is 5.95 Å². The van der Waals surface area contributed by atoms with E-state index in [1.807, 2.05) is 19.1 Å². The number of aromatic nitrogens is 3. The standard InChI is InChI=1S/C14H14N4OS/c1-9-11(6-5-10-4-3-7-20-12(9)10)13(19)17-14-15-8-16-18(14)2/h3-6,8H,7H2,1-2H3,(H,15,16,17,19). The smallest absolute Gasteiger partial charge is 0.258 e. The molecule has 5 nitrogen and oxygen atoms in total. The topological polar surface area (TPSA) is 59.8 Å². The van der Waals surface area contributed by atoms with Crippen LogP contribution < -0.4 is 5.32 Å². The molecule has 102 valence electrons. The summed E-state index contributed by atoms with van der Waals surface area (Å²) >= 11 is 1.76. The lowest BCUT2D eigenvalue weighted by Crippen LogP contribution is -2.17. The van der Waals surface area contributed by atoms with Crippen LogP contribution in [-0.4, -0.2) is 26.4 Å². The number of carbonyl (C=O) groups is 1. The van der Waals surface area contributed by atoms with Crippen LogP contribution in [0.2, 0.25) is 0 Å². The Morgan fingerprint density at radius 1 is 1.45 bits per heavy atom. The van der Waals surface area contributed by atoms with Crippen LogP contribution >= 0.6 is 11.8 Å². The molecular formula is C14H14N4OS. The van der Waals surface area contributed by atoms with Gasteiger partial charge < -0.3 is 0 Å². The second kappa shape index (κ2) is 5.13. The Balaban J connectivity index is 1.93. The minimum Gasteiger partial charge on any atom is -0.291 e. The molecular weight excluding hydrogens is 272 g/mol. The molecule has 3 rings (SSSR count). The molecule has 1 aliphatic rings. The van der Waals surface area contributed by atoms with Gasteiger partial charge in [-0.15, -0.1) is 11.8 Å². The van der Waals surface area contributed by atoms with Crippen molar-refractivity contribution in [3.63, 3.8) is 0 Å². The number of aryl methyl sites for hydroxylation is 1. The van der Waals surface area contributed by atoms with Gasteiger partial charge in [0.15, 0.2) is 0 Å². The van der Waals surface area contributed by atoms with Crippen molar-refractivity contribution in [2.75, 3.05) is 11.1 Å². The van der Waals surface area contributed by atoms with Gasteiger partial charge in [0.2, 0.25) is 5.95 Å². The highest BCUT2D eigenvalue weighted by atomic mass is 32.2. The number of thioether (sulfide) groups is 1. The van der Waals surface area contributed by atoms with E-state index in [2.05, 4.69) is 27.6 Å². The minimum atomic E-state index is -0.156. The number of nitrogens with one attached hydrogen (secondary N) is 1. The number of anilines is 1. The SMILES string of the molecule is Cc1c(C(=O)Nc2ncnn2C)ccc2c1SCC=C2. The maximum absolute atomic E-state index is 12.4. The summed E-state index contributed by atoms with van der Waals surface area (Å²) in [5, 5.41) is 6.71. The highest BCUT2D eigenvalue weighted by Gasteiger charge is 2.17. The van der Waals surface area contributed by atoms with E-state index >= 15 is 0 Å². The molecule has 0 unspecified atom stereocenters. The zero-order valence-electron chi connectivity index (χ0n) is 11.3. The Kier molecular flexibility index (Phi) is 3.31. The van der Waals surface area contributed by atoms with Gasteiger partial charge in [0.05, 0.1) is 0 Å². The number of hydrogen-bond acceptors (Lipinski definition) is 4. The maximum Gasteiger partial charge on any atom is 0.258 e. The lowest BCUT2D eigenvalue weighted by atomic mass is 10.0. The summed E-state index contributed by atoms with van der Waals surface area (Å²) in [5.74, 6) is 1.23. The van der Waals surface area contributed by atoms with Crippen molar-refractivity contribution < 1.29 is 4.79 Å². The first-order chi connectivity index (χ1) is 9.66. The third kappa shape index (κ3) is 2.22. The summed E-state index contributed by atoms with van der Waals surface area (Å²) in [5.41, 5.74) is 2.86. The van der Waals surface area contributed by atoms with E-state index in [0.29, 0.717) is 11.5 Å². The number of nitrogens with zero attached hydrogens (tertiary/aromatic N) is 3. The zero-order valence-corrected chi connectivity index (χ0v) is 12.1. The zero-order chi connectivity index (χ0) is 14.1. The second-order valence-electron chi connectivity index (χ2n) is 4.53. The molecule has 1 aromatic carbocycles. The number of rotatable bonds is 2. The fourth-order valence-corrected chi connectivity index (χ4v) is 3.15. The van der Waals surface area contributed by atoms with Crippen LogP contribution in [0.3, 0.4) is 0 Å². The van der Waals surface area contributed by atoms with Gasteiger partial charge in [0.1, 0.15) is 6.33 Å². The Bertz CT molecular complexity index is 705. The Morgan fingerprint density at radius 3 is 3.05 bits per heavy atom. The van der Waals surface area contributed by atoms with Crippen LogP contribution in [0.5, 0.6) is 0 Å². The van der Waals surface area contributed by atoms with Crippen molar-refractivity contribution in [3.05, 3.63) is 41.2 Å². The van der Waals surface area contributed by atoms with Gasteiger partial charge in [-0.1, -0.05) is 18.2 Å². The van der Waals surface area contributed by atoms with Gasteiger partial charge in [-0.25, -0.2) is 4.68 Å². The minimum absolute atomic E-state index is 0.156. The molecule has 0 radical (unpaired) electrons. The van der Waals surface area contributed by atoms with Gasteiger partial charge in [0.25, 0.3) is 5.91 Å². The van der Waals surface area contributed by atoms with Crippen LogP contribution in [-0.2, 0) is 7.05 Å². The average Bonchev–Trinajstić information content (AvgIpc) is 2.85. The van der Waals surface area contributed by atoms with Crippen LogP contribution in [0.25, 0.3) is 6.08 Å². The van der Waals surface area contributed by atoms with Crippen molar-refractivity contribution >= 4 is 29.7 Å². The van der Waals surface area contributed by atoms with E-state index in [9.17, 15) is 4.79 Å². The van der Waals surface area contributed by atoms with E-state index in [0.717, 1.165) is 11.3 Å². The monoisotopic (exact) mass is 286 g/mol. The van der Waals surface area contributed by atoms with E-state index in [4.69, 9.17) is 0 Å². The molecule has 2 heterocycles. The normalized spacial score (nSPS) is 13.1. The third-order valence-corrected chi connectivity index (χ3v) is 4.43. The van der Waals surface area contributed by atoms with Gasteiger partial charge in [-0.05, 0) is 24.1 Å². The highest BCUT2D eigenvalue weighted by Crippen LogP contribution is 2.33. The quantitative estimate of drug-likeness (QED) is 0.921. The molecule has 0 atom stereocenters. The molecule has 20 heavy (non-hydrogen) atoms. The number of carbonyl (C=O) groups excluding carboxylic acids is 1. The van der Waals surface area contributed by atoms with Gasteiger partial charge in [0, 0.05) is 23.3 Å². The molecule has 0 saturated heterocycles. The van der Waals surface area contributed by atoms with E-state index < -0.39 is 0 Å². The van der Waals surface area contributed by atoms with Crippen molar-refractivity contribution in [3.8, 4) is 0 Å². The van der Waals surface area contributed by atoms with E-state index in [1.165, 1.54) is 21.5 Å². The van der Waals surface area contributed by atoms with E-state index in [1.54, 1.807) is 18.8 Å². The van der Waals surface area contributed by atoms with Crippen molar-refractivity contribution in [2.24, 2.45) is 7.05 Å². The lowest BCUT2D eigenvalue weighted by molar-refractivity contribution is 0.102. The largest absolute Gasteiger partial charge is 0.291 e. The fourth-order valence-electron chi connectivity index (χ4n) is 2.17. The van der Waals surface area contributed by atoms with Crippen molar-refractivity contribution in [2.45, 2.75) is 11.8 Å². The molecule has 0 aliphatic carbocycles. The maximum atomic E-state index is 12.4. The molecule has 0 bridgehead atoms. The fraction of sp³-hybridized carbons (Fsp3) is 0.214. The summed E-state index contributed by atoms with van der Waals surface area (Å²) in [4.78, 5) is 17.5. The summed E-state index contributed by atoms with van der Waals surface area (Å²) in [6.07, 6.45) is 5.64. The first-order valence-corrected chi connectivity index (χ1v) is 7.23. The summed E-state index contributed by atoms with van der Waals surface area (Å²) in [6.45, 7) is 1.98. The number of amides is 1. The lowest BCUT2D eigenvalue weighted by Gasteiger charge is -2.16. The molecule has 6 heteroatoms. The second-order valence-corrected chi connectivity index (χ2v) is 5.56. The Hall–Kier alpha value is -2.08. The predicted molar refractivity (Wildman–Crippen MR) is 79.9 cm³/mol. The number of benzene rings is 1. The number of fused-ring (bicyclic) bond motifs is 1. The molecule has 1 aromatic heterocycles. The highest BCUT2D eigenvalue weighted by molar-refractivity contribution is 7.99. The van der Waals surface area contributed by atoms with E-state index in [-0.39, 0.29) is 5.91 Å². The molecule has 2 aromatic rings.